The van der Waals surface area contributed by atoms with Crippen LogP contribution in [-0.4, -0.2) is 56.8 Å². The molecule has 0 saturated carbocycles. The maximum Gasteiger partial charge on any atom is 0.254 e. The minimum atomic E-state index is -0.371. The Bertz CT molecular complexity index is 1520. The van der Waals surface area contributed by atoms with E-state index in [2.05, 4.69) is 15.1 Å². The summed E-state index contributed by atoms with van der Waals surface area (Å²) in [7, 11) is 0. The molecule has 0 radical (unpaired) electrons. The fourth-order valence-corrected chi connectivity index (χ4v) is 4.48. The zero-order chi connectivity index (χ0) is 23.1. The summed E-state index contributed by atoms with van der Waals surface area (Å²) in [6.45, 7) is 2.46. The number of carbonyl (C=O) groups is 1. The highest BCUT2D eigenvalue weighted by Crippen LogP contribution is 2.24. The van der Waals surface area contributed by atoms with Gasteiger partial charge in [-0.05, 0) is 41.1 Å². The van der Waals surface area contributed by atoms with Gasteiger partial charge in [0, 0.05) is 31.7 Å². The quantitative estimate of drug-likeness (QED) is 0.413. The van der Waals surface area contributed by atoms with Crippen LogP contribution in [0.5, 0.6) is 0 Å². The van der Waals surface area contributed by atoms with Crippen LogP contribution in [0.25, 0.3) is 27.8 Å². The second-order valence-electron chi connectivity index (χ2n) is 8.27. The Kier molecular flexibility index (Phi) is 4.91. The third kappa shape index (κ3) is 3.44. The molecule has 1 aliphatic rings. The number of benzene rings is 3. The molecule has 0 unspecified atom stereocenters. The van der Waals surface area contributed by atoms with Crippen LogP contribution >= 0.6 is 0 Å². The first-order valence-corrected chi connectivity index (χ1v) is 11.2. The summed E-state index contributed by atoms with van der Waals surface area (Å²) in [5.41, 5.74) is 1.63. The van der Waals surface area contributed by atoms with E-state index in [4.69, 9.17) is 5.10 Å². The molecule has 34 heavy (non-hydrogen) atoms. The first kappa shape index (κ1) is 20.3. The standard InChI is InChI=1S/C26H21FN6O/c27-22-11-4-3-9-21(22)25-29-28-23-12-13-24(30-33(23)25)31-14-16-32(17-15-31)26(34)20-10-5-7-18-6-1-2-8-19(18)20/h1-13H,14-17H2. The van der Waals surface area contributed by atoms with Gasteiger partial charge in [-0.2, -0.15) is 4.52 Å². The third-order valence-corrected chi connectivity index (χ3v) is 6.27. The average Bonchev–Trinajstić information content (AvgIpc) is 3.31. The van der Waals surface area contributed by atoms with E-state index in [1.165, 1.54) is 6.07 Å². The molecule has 1 fully saturated rings. The minimum absolute atomic E-state index is 0.0421. The lowest BCUT2D eigenvalue weighted by Gasteiger charge is -2.35. The van der Waals surface area contributed by atoms with Crippen molar-refractivity contribution in [2.45, 2.75) is 0 Å². The molecule has 3 heterocycles. The van der Waals surface area contributed by atoms with Crippen LogP contribution in [0.1, 0.15) is 10.4 Å². The molecular weight excluding hydrogens is 431 g/mol. The Morgan fingerprint density at radius 3 is 2.41 bits per heavy atom. The van der Waals surface area contributed by atoms with Crippen LogP contribution in [0, 0.1) is 5.82 Å². The van der Waals surface area contributed by atoms with Gasteiger partial charge in [0.1, 0.15) is 11.6 Å². The molecule has 0 spiro atoms. The molecule has 7 nitrogen and oxygen atoms in total. The van der Waals surface area contributed by atoms with Gasteiger partial charge in [0.05, 0.1) is 5.56 Å². The Hall–Kier alpha value is -4.33. The van der Waals surface area contributed by atoms with Gasteiger partial charge in [-0.25, -0.2) is 4.39 Å². The normalized spacial score (nSPS) is 14.1. The van der Waals surface area contributed by atoms with E-state index < -0.39 is 0 Å². The van der Waals surface area contributed by atoms with Crippen LogP contribution in [0.4, 0.5) is 10.2 Å². The lowest BCUT2D eigenvalue weighted by atomic mass is 10.0. The summed E-state index contributed by atoms with van der Waals surface area (Å²) in [4.78, 5) is 17.3. The van der Waals surface area contributed by atoms with Crippen LogP contribution in [0.2, 0.25) is 0 Å². The first-order chi connectivity index (χ1) is 16.7. The van der Waals surface area contributed by atoms with Gasteiger partial charge >= 0.3 is 0 Å². The van der Waals surface area contributed by atoms with Gasteiger partial charge in [-0.1, -0.05) is 48.5 Å². The second kappa shape index (κ2) is 8.22. The maximum absolute atomic E-state index is 14.3. The molecule has 8 heteroatoms. The van der Waals surface area contributed by atoms with Crippen molar-refractivity contribution < 1.29 is 9.18 Å². The van der Waals surface area contributed by atoms with Gasteiger partial charge in [-0.3, -0.25) is 4.79 Å². The summed E-state index contributed by atoms with van der Waals surface area (Å²) in [5.74, 6) is 0.770. The van der Waals surface area contributed by atoms with E-state index in [-0.39, 0.29) is 11.7 Å². The van der Waals surface area contributed by atoms with Crippen molar-refractivity contribution in [1.29, 1.82) is 0 Å². The Morgan fingerprint density at radius 2 is 1.56 bits per heavy atom. The number of fused-ring (bicyclic) bond motifs is 2. The smallest absolute Gasteiger partial charge is 0.254 e. The van der Waals surface area contributed by atoms with Crippen molar-refractivity contribution in [3.05, 3.63) is 90.2 Å². The molecular formula is C26H21FN6O. The van der Waals surface area contributed by atoms with E-state index in [1.807, 2.05) is 59.5 Å². The Morgan fingerprint density at radius 1 is 0.794 bits per heavy atom. The Labute approximate surface area is 195 Å². The topological polar surface area (TPSA) is 66.6 Å². The van der Waals surface area contributed by atoms with Gasteiger partial charge in [-0.15, -0.1) is 15.3 Å². The van der Waals surface area contributed by atoms with Gasteiger partial charge in [0.25, 0.3) is 5.91 Å². The number of aromatic nitrogens is 4. The summed E-state index contributed by atoms with van der Waals surface area (Å²) in [6, 6.07) is 24.0. The molecule has 6 rings (SSSR count). The lowest BCUT2D eigenvalue weighted by molar-refractivity contribution is 0.0748. The molecule has 1 amide bonds. The molecule has 3 aromatic carbocycles. The van der Waals surface area contributed by atoms with Crippen molar-refractivity contribution in [3.8, 4) is 11.4 Å². The van der Waals surface area contributed by atoms with Crippen molar-refractivity contribution in [2.75, 3.05) is 31.1 Å². The first-order valence-electron chi connectivity index (χ1n) is 11.2. The van der Waals surface area contributed by atoms with Crippen LogP contribution < -0.4 is 4.90 Å². The second-order valence-corrected chi connectivity index (χ2v) is 8.27. The highest BCUT2D eigenvalue weighted by atomic mass is 19.1. The molecule has 0 aliphatic carbocycles. The fraction of sp³-hybridized carbons (Fsp3) is 0.154. The molecule has 1 aliphatic heterocycles. The monoisotopic (exact) mass is 452 g/mol. The molecule has 5 aromatic rings. The number of halogens is 1. The fourth-order valence-electron chi connectivity index (χ4n) is 4.48. The predicted octanol–water partition coefficient (Wildman–Crippen LogP) is 4.05. The number of nitrogens with zero attached hydrogens (tertiary/aromatic N) is 6. The third-order valence-electron chi connectivity index (χ3n) is 6.27. The van der Waals surface area contributed by atoms with Gasteiger partial charge in [0.15, 0.2) is 11.5 Å². The molecule has 0 bridgehead atoms. The zero-order valence-electron chi connectivity index (χ0n) is 18.3. The Balaban J connectivity index is 1.23. The number of anilines is 1. The lowest BCUT2D eigenvalue weighted by Crippen LogP contribution is -2.49. The van der Waals surface area contributed by atoms with Crippen LogP contribution in [-0.2, 0) is 0 Å². The highest BCUT2D eigenvalue weighted by molar-refractivity contribution is 6.07. The van der Waals surface area contributed by atoms with Crippen LogP contribution in [0.15, 0.2) is 78.9 Å². The van der Waals surface area contributed by atoms with E-state index in [0.29, 0.717) is 43.2 Å². The SMILES string of the molecule is O=C(c1cccc2ccccc12)N1CCN(c2ccc3nnc(-c4ccccc4F)n3n2)CC1. The molecule has 0 atom stereocenters. The molecule has 1 saturated heterocycles. The number of carbonyl (C=O) groups excluding carboxylic acids is 1. The number of hydrogen-bond acceptors (Lipinski definition) is 5. The number of hydrogen-bond donors (Lipinski definition) is 0. The largest absolute Gasteiger partial charge is 0.352 e. The zero-order valence-corrected chi connectivity index (χ0v) is 18.3. The molecule has 2 aromatic heterocycles. The maximum atomic E-state index is 14.3. The summed E-state index contributed by atoms with van der Waals surface area (Å²) < 4.78 is 15.9. The summed E-state index contributed by atoms with van der Waals surface area (Å²) in [6.07, 6.45) is 0. The van der Waals surface area contributed by atoms with E-state index in [0.717, 1.165) is 22.2 Å². The van der Waals surface area contributed by atoms with Gasteiger partial charge in [0.2, 0.25) is 0 Å². The number of piperazine rings is 1. The van der Waals surface area contributed by atoms with E-state index in [9.17, 15) is 9.18 Å². The minimum Gasteiger partial charge on any atom is -0.352 e. The van der Waals surface area contributed by atoms with Crippen molar-refractivity contribution in [3.63, 3.8) is 0 Å². The van der Waals surface area contributed by atoms with E-state index in [1.54, 1.807) is 22.7 Å². The van der Waals surface area contributed by atoms with E-state index >= 15 is 0 Å². The summed E-state index contributed by atoms with van der Waals surface area (Å²) in [5, 5.41) is 15.0. The molecule has 0 N–H and O–H groups in total. The summed E-state index contributed by atoms with van der Waals surface area (Å²) >= 11 is 0. The number of rotatable bonds is 3. The van der Waals surface area contributed by atoms with Crippen molar-refractivity contribution in [2.24, 2.45) is 0 Å². The van der Waals surface area contributed by atoms with Gasteiger partial charge < -0.3 is 9.80 Å². The highest BCUT2D eigenvalue weighted by Gasteiger charge is 2.24. The number of amides is 1. The van der Waals surface area contributed by atoms with Crippen LogP contribution in [0.3, 0.4) is 0 Å². The molecule has 168 valence electrons. The van der Waals surface area contributed by atoms with Crippen molar-refractivity contribution in [1.82, 2.24) is 24.7 Å². The van der Waals surface area contributed by atoms with Crippen molar-refractivity contribution >= 4 is 28.1 Å². The average molecular weight is 452 g/mol. The predicted molar refractivity (Wildman–Crippen MR) is 128 cm³/mol.